The second kappa shape index (κ2) is 5.61. The van der Waals surface area contributed by atoms with Gasteiger partial charge >= 0.3 is 5.97 Å². The highest BCUT2D eigenvalue weighted by molar-refractivity contribution is 5.72. The molecule has 104 valence electrons. The van der Waals surface area contributed by atoms with E-state index in [4.69, 9.17) is 4.74 Å². The number of aryl methyl sites for hydroxylation is 1. The van der Waals surface area contributed by atoms with Crippen LogP contribution >= 0.6 is 0 Å². The SMILES string of the molecule is COc1ccc(C2CC(C)NCC2C(=O)O)cc1C. The van der Waals surface area contributed by atoms with Crippen molar-refractivity contribution in [1.82, 2.24) is 5.32 Å². The fraction of sp³-hybridized carbons (Fsp3) is 0.533. The first-order chi connectivity index (χ1) is 9.02. The van der Waals surface area contributed by atoms with Gasteiger partial charge in [0, 0.05) is 12.6 Å². The molecule has 1 heterocycles. The number of hydrogen-bond acceptors (Lipinski definition) is 3. The summed E-state index contributed by atoms with van der Waals surface area (Å²) in [4.78, 5) is 11.4. The van der Waals surface area contributed by atoms with Crippen LogP contribution in [0.3, 0.4) is 0 Å². The van der Waals surface area contributed by atoms with E-state index >= 15 is 0 Å². The van der Waals surface area contributed by atoms with Gasteiger partial charge in [-0.1, -0.05) is 12.1 Å². The average molecular weight is 263 g/mol. The fourth-order valence-corrected chi connectivity index (χ4v) is 2.86. The molecule has 0 aromatic heterocycles. The highest BCUT2D eigenvalue weighted by Crippen LogP contribution is 2.34. The maximum Gasteiger partial charge on any atom is 0.308 e. The van der Waals surface area contributed by atoms with Crippen molar-refractivity contribution in [3.8, 4) is 5.75 Å². The minimum Gasteiger partial charge on any atom is -0.496 e. The van der Waals surface area contributed by atoms with E-state index in [1.165, 1.54) is 0 Å². The predicted molar refractivity (Wildman–Crippen MR) is 73.7 cm³/mol. The Morgan fingerprint density at radius 3 is 2.79 bits per heavy atom. The molecule has 4 heteroatoms. The van der Waals surface area contributed by atoms with Crippen molar-refractivity contribution in [2.75, 3.05) is 13.7 Å². The van der Waals surface area contributed by atoms with E-state index in [0.717, 1.165) is 23.3 Å². The minimum absolute atomic E-state index is 0.0679. The lowest BCUT2D eigenvalue weighted by molar-refractivity contribution is -0.143. The fourth-order valence-electron chi connectivity index (χ4n) is 2.86. The molecule has 1 aromatic rings. The Morgan fingerprint density at radius 1 is 1.47 bits per heavy atom. The molecule has 0 radical (unpaired) electrons. The number of carbonyl (C=O) groups is 1. The Bertz CT molecular complexity index is 472. The number of methoxy groups -OCH3 is 1. The van der Waals surface area contributed by atoms with E-state index in [1.807, 2.05) is 19.1 Å². The number of aliphatic carboxylic acids is 1. The van der Waals surface area contributed by atoms with Gasteiger partial charge in [-0.3, -0.25) is 4.79 Å². The Morgan fingerprint density at radius 2 is 2.21 bits per heavy atom. The van der Waals surface area contributed by atoms with E-state index in [-0.39, 0.29) is 11.8 Å². The normalized spacial score (nSPS) is 27.0. The lowest BCUT2D eigenvalue weighted by Gasteiger charge is -2.34. The standard InChI is InChI=1S/C15H21NO3/c1-9-6-11(4-5-14(9)19-3)12-7-10(2)16-8-13(12)15(17)18/h4-6,10,12-13,16H,7-8H2,1-3H3,(H,17,18). The van der Waals surface area contributed by atoms with Crippen molar-refractivity contribution < 1.29 is 14.6 Å². The number of carboxylic acid groups (broad SMARTS) is 1. The van der Waals surface area contributed by atoms with Gasteiger partial charge in [0.25, 0.3) is 0 Å². The third-order valence-electron chi connectivity index (χ3n) is 3.94. The smallest absolute Gasteiger partial charge is 0.308 e. The molecule has 2 N–H and O–H groups in total. The molecule has 1 fully saturated rings. The van der Waals surface area contributed by atoms with Gasteiger partial charge in [-0.05, 0) is 43.4 Å². The zero-order valence-electron chi connectivity index (χ0n) is 11.6. The van der Waals surface area contributed by atoms with Gasteiger partial charge in [-0.25, -0.2) is 0 Å². The average Bonchev–Trinajstić information content (AvgIpc) is 2.38. The Labute approximate surface area is 113 Å². The number of hydrogen-bond donors (Lipinski definition) is 2. The third kappa shape index (κ3) is 2.89. The van der Waals surface area contributed by atoms with Crippen LogP contribution in [-0.4, -0.2) is 30.8 Å². The van der Waals surface area contributed by atoms with E-state index in [1.54, 1.807) is 7.11 Å². The van der Waals surface area contributed by atoms with Crippen molar-refractivity contribution in [1.29, 1.82) is 0 Å². The number of ether oxygens (including phenoxy) is 1. The van der Waals surface area contributed by atoms with Crippen LogP contribution in [0.25, 0.3) is 0 Å². The third-order valence-corrected chi connectivity index (χ3v) is 3.94. The summed E-state index contributed by atoms with van der Waals surface area (Å²) in [6, 6.07) is 6.32. The van der Waals surface area contributed by atoms with Gasteiger partial charge in [0.15, 0.2) is 0 Å². The molecule has 1 saturated heterocycles. The zero-order valence-corrected chi connectivity index (χ0v) is 11.6. The van der Waals surface area contributed by atoms with Crippen molar-refractivity contribution in [2.24, 2.45) is 5.92 Å². The van der Waals surface area contributed by atoms with Crippen LogP contribution in [0.15, 0.2) is 18.2 Å². The van der Waals surface area contributed by atoms with Crippen LogP contribution in [0.2, 0.25) is 0 Å². The predicted octanol–water partition coefficient (Wildman–Crippen LogP) is 2.17. The van der Waals surface area contributed by atoms with Crippen molar-refractivity contribution in [3.05, 3.63) is 29.3 Å². The second-order valence-electron chi connectivity index (χ2n) is 5.33. The summed E-state index contributed by atoms with van der Waals surface area (Å²) < 4.78 is 5.25. The molecule has 4 nitrogen and oxygen atoms in total. The summed E-state index contributed by atoms with van der Waals surface area (Å²) in [5.74, 6) is -0.169. The van der Waals surface area contributed by atoms with Crippen LogP contribution in [0.1, 0.15) is 30.4 Å². The molecule has 1 aromatic carbocycles. The molecule has 0 spiro atoms. The number of carboxylic acids is 1. The minimum atomic E-state index is -0.724. The first kappa shape index (κ1) is 13.9. The van der Waals surface area contributed by atoms with Crippen LogP contribution in [0, 0.1) is 12.8 Å². The van der Waals surface area contributed by atoms with Gasteiger partial charge in [0.1, 0.15) is 5.75 Å². The van der Waals surface area contributed by atoms with Crippen molar-refractivity contribution in [3.63, 3.8) is 0 Å². The van der Waals surface area contributed by atoms with Gasteiger partial charge < -0.3 is 15.2 Å². The van der Waals surface area contributed by atoms with E-state index < -0.39 is 5.97 Å². The van der Waals surface area contributed by atoms with Crippen LogP contribution in [0.5, 0.6) is 5.75 Å². The maximum atomic E-state index is 11.4. The van der Waals surface area contributed by atoms with Crippen LogP contribution in [0.4, 0.5) is 0 Å². The van der Waals surface area contributed by atoms with Crippen molar-refractivity contribution in [2.45, 2.75) is 32.2 Å². The number of piperidine rings is 1. The van der Waals surface area contributed by atoms with Gasteiger partial charge in [0.05, 0.1) is 13.0 Å². The van der Waals surface area contributed by atoms with Gasteiger partial charge in [-0.15, -0.1) is 0 Å². The molecule has 3 unspecified atom stereocenters. The molecular formula is C15H21NO3. The van der Waals surface area contributed by atoms with Crippen LogP contribution < -0.4 is 10.1 Å². The first-order valence-corrected chi connectivity index (χ1v) is 6.63. The number of nitrogens with one attached hydrogen (secondary N) is 1. The molecule has 0 bridgehead atoms. The van der Waals surface area contributed by atoms with Gasteiger partial charge in [-0.2, -0.15) is 0 Å². The summed E-state index contributed by atoms with van der Waals surface area (Å²) in [5.41, 5.74) is 2.15. The monoisotopic (exact) mass is 263 g/mol. The summed E-state index contributed by atoms with van der Waals surface area (Å²) in [5, 5.41) is 12.6. The molecule has 1 aliphatic heterocycles. The highest BCUT2D eigenvalue weighted by Gasteiger charge is 2.34. The Hall–Kier alpha value is -1.55. The summed E-state index contributed by atoms with van der Waals surface area (Å²) in [6.45, 7) is 4.62. The first-order valence-electron chi connectivity index (χ1n) is 6.63. The largest absolute Gasteiger partial charge is 0.496 e. The molecule has 0 aliphatic carbocycles. The molecule has 0 amide bonds. The highest BCUT2D eigenvalue weighted by atomic mass is 16.5. The number of rotatable bonds is 3. The second-order valence-corrected chi connectivity index (χ2v) is 5.33. The maximum absolute atomic E-state index is 11.4. The lowest BCUT2D eigenvalue weighted by Crippen LogP contribution is -2.44. The van der Waals surface area contributed by atoms with Crippen LogP contribution in [-0.2, 0) is 4.79 Å². The van der Waals surface area contributed by atoms with E-state index in [9.17, 15) is 9.90 Å². The zero-order chi connectivity index (χ0) is 14.0. The molecule has 1 aliphatic rings. The molecule has 0 saturated carbocycles. The molecular weight excluding hydrogens is 242 g/mol. The quantitative estimate of drug-likeness (QED) is 0.877. The van der Waals surface area contributed by atoms with E-state index in [0.29, 0.717) is 12.6 Å². The summed E-state index contributed by atoms with van der Waals surface area (Å²) >= 11 is 0. The molecule has 3 atom stereocenters. The van der Waals surface area contributed by atoms with Crippen molar-refractivity contribution >= 4 is 5.97 Å². The Kier molecular flexibility index (Phi) is 4.10. The lowest BCUT2D eigenvalue weighted by atomic mass is 9.78. The molecule has 2 rings (SSSR count). The topological polar surface area (TPSA) is 58.6 Å². The summed E-state index contributed by atoms with van der Waals surface area (Å²) in [6.07, 6.45) is 0.850. The Balaban J connectivity index is 2.31. The molecule has 19 heavy (non-hydrogen) atoms. The summed E-state index contributed by atoms with van der Waals surface area (Å²) in [7, 11) is 1.65. The van der Waals surface area contributed by atoms with E-state index in [2.05, 4.69) is 18.3 Å². The number of benzene rings is 1. The van der Waals surface area contributed by atoms with Gasteiger partial charge in [0.2, 0.25) is 0 Å².